The normalized spacial score (nSPS) is 20.9. The number of carbonyl (C=O) groups is 1. The zero-order valence-corrected chi connectivity index (χ0v) is 16.0. The minimum Gasteiger partial charge on any atom is -0.377 e. The summed E-state index contributed by atoms with van der Waals surface area (Å²) < 4.78 is 61.2. The van der Waals surface area contributed by atoms with Crippen LogP contribution in [0.4, 0.5) is 17.6 Å². The predicted molar refractivity (Wildman–Crippen MR) is 96.0 cm³/mol. The third kappa shape index (κ3) is 2.89. The molecule has 1 aromatic carbocycles. The summed E-state index contributed by atoms with van der Waals surface area (Å²) in [5.41, 5.74) is 0.201. The third-order valence-electron chi connectivity index (χ3n) is 5.22. The van der Waals surface area contributed by atoms with Gasteiger partial charge in [0.1, 0.15) is 17.6 Å². The highest BCUT2D eigenvalue weighted by molar-refractivity contribution is 7.07. The highest BCUT2D eigenvalue weighted by Gasteiger charge is 2.45. The van der Waals surface area contributed by atoms with Crippen LogP contribution in [0.25, 0.3) is 11.5 Å². The van der Waals surface area contributed by atoms with Gasteiger partial charge in [0.05, 0.1) is 35.9 Å². The Morgan fingerprint density at radius 2 is 2.07 bits per heavy atom. The first-order valence-electron chi connectivity index (χ1n) is 8.94. The van der Waals surface area contributed by atoms with E-state index in [9.17, 15) is 22.4 Å². The summed E-state index contributed by atoms with van der Waals surface area (Å²) in [6.07, 6.45) is -4.90. The van der Waals surface area contributed by atoms with E-state index in [0.29, 0.717) is 23.4 Å². The van der Waals surface area contributed by atoms with Gasteiger partial charge in [-0.25, -0.2) is 9.37 Å². The quantitative estimate of drug-likeness (QED) is 0.574. The van der Waals surface area contributed by atoms with E-state index in [1.54, 1.807) is 5.51 Å². The molecular formula is C18H13F4N5O2S. The van der Waals surface area contributed by atoms with Gasteiger partial charge in [-0.15, -0.1) is 21.5 Å². The Kier molecular flexibility index (Phi) is 4.36. The van der Waals surface area contributed by atoms with E-state index in [0.717, 1.165) is 12.1 Å². The molecule has 2 atom stereocenters. The molecule has 5 rings (SSSR count). The van der Waals surface area contributed by atoms with E-state index in [-0.39, 0.29) is 19.8 Å². The van der Waals surface area contributed by atoms with E-state index in [1.807, 2.05) is 9.95 Å². The summed E-state index contributed by atoms with van der Waals surface area (Å²) in [6, 6.07) is 1.50. The zero-order chi connectivity index (χ0) is 21.0. The van der Waals surface area contributed by atoms with Crippen LogP contribution in [0.15, 0.2) is 29.1 Å². The zero-order valence-electron chi connectivity index (χ0n) is 15.1. The molecular weight excluding hydrogens is 426 g/mol. The van der Waals surface area contributed by atoms with Crippen molar-refractivity contribution in [3.8, 4) is 11.5 Å². The summed E-state index contributed by atoms with van der Waals surface area (Å²) in [7, 11) is 0. The Morgan fingerprint density at radius 1 is 1.23 bits per heavy atom. The first kappa shape index (κ1) is 19.1. The number of ether oxygens (including phenoxy) is 1. The number of halogens is 4. The molecule has 1 amide bonds. The Hall–Kier alpha value is -2.86. The van der Waals surface area contributed by atoms with E-state index in [4.69, 9.17) is 4.74 Å². The standard InChI is InChI=1S/C18H13F4N5O2S/c19-14-10(2-1-3-11(14)18(20,21)22)17(28)27-9-4-26-15(12-7-30-8-23-12)24-25-16(26)13(27)6-29-5-9/h1-3,7-9,13H,4-6H2/t9-,13-/m1/s1. The minimum atomic E-state index is -4.90. The molecule has 156 valence electrons. The van der Waals surface area contributed by atoms with E-state index in [2.05, 4.69) is 15.2 Å². The van der Waals surface area contributed by atoms with Crippen molar-refractivity contribution in [2.24, 2.45) is 0 Å². The van der Waals surface area contributed by atoms with Gasteiger partial charge in [0.25, 0.3) is 5.91 Å². The molecule has 0 spiro atoms. The molecule has 1 fully saturated rings. The molecule has 0 N–H and O–H groups in total. The molecule has 0 radical (unpaired) electrons. The van der Waals surface area contributed by atoms with Crippen molar-refractivity contribution in [1.29, 1.82) is 0 Å². The fourth-order valence-corrected chi connectivity index (χ4v) is 4.43. The topological polar surface area (TPSA) is 73.1 Å². The largest absolute Gasteiger partial charge is 0.419 e. The number of benzene rings is 1. The molecule has 7 nitrogen and oxygen atoms in total. The number of carbonyl (C=O) groups excluding carboxylic acids is 1. The third-order valence-corrected chi connectivity index (χ3v) is 5.80. The lowest BCUT2D eigenvalue weighted by molar-refractivity contribution is -0.140. The van der Waals surface area contributed by atoms with E-state index < -0.39 is 41.1 Å². The Labute approximate surface area is 170 Å². The Bertz CT molecular complexity index is 1110. The molecule has 0 aliphatic carbocycles. The molecule has 2 bridgehead atoms. The molecule has 3 aromatic rings. The van der Waals surface area contributed by atoms with Crippen LogP contribution in [-0.4, -0.2) is 49.8 Å². The lowest BCUT2D eigenvalue weighted by Gasteiger charge is -2.45. The van der Waals surface area contributed by atoms with Gasteiger partial charge in [-0.2, -0.15) is 13.2 Å². The second-order valence-electron chi connectivity index (χ2n) is 6.95. The molecule has 0 saturated carbocycles. The van der Waals surface area contributed by atoms with Crippen LogP contribution in [0.1, 0.15) is 27.8 Å². The SMILES string of the molecule is O=C(c1cccc(C(F)(F)F)c1F)N1[C@H]2COC[C@@H]1c1nnc(-c3cscn3)n1C2. The lowest BCUT2D eigenvalue weighted by Crippen LogP contribution is -2.56. The second kappa shape index (κ2) is 6.84. The average Bonchev–Trinajstić information content (AvgIpc) is 3.35. The first-order valence-corrected chi connectivity index (χ1v) is 9.88. The molecule has 2 aliphatic heterocycles. The average molecular weight is 439 g/mol. The highest BCUT2D eigenvalue weighted by atomic mass is 32.1. The molecule has 1 saturated heterocycles. The van der Waals surface area contributed by atoms with Gasteiger partial charge in [-0.1, -0.05) is 6.07 Å². The number of fused-ring (bicyclic) bond motifs is 4. The van der Waals surface area contributed by atoms with Crippen molar-refractivity contribution in [3.63, 3.8) is 0 Å². The van der Waals surface area contributed by atoms with Crippen LogP contribution < -0.4 is 0 Å². The molecule has 2 aromatic heterocycles. The van der Waals surface area contributed by atoms with Crippen LogP contribution >= 0.6 is 11.3 Å². The van der Waals surface area contributed by atoms with Gasteiger partial charge >= 0.3 is 6.18 Å². The lowest BCUT2D eigenvalue weighted by atomic mass is 10.0. The fraction of sp³-hybridized carbons (Fsp3) is 0.333. The number of thiazole rings is 1. The minimum absolute atomic E-state index is 0.0814. The van der Waals surface area contributed by atoms with Crippen molar-refractivity contribution >= 4 is 17.2 Å². The van der Waals surface area contributed by atoms with E-state index >= 15 is 0 Å². The molecule has 0 unspecified atom stereocenters. The summed E-state index contributed by atoms with van der Waals surface area (Å²) in [6.45, 7) is 0.507. The smallest absolute Gasteiger partial charge is 0.377 e. The van der Waals surface area contributed by atoms with Gasteiger partial charge in [0, 0.05) is 11.9 Å². The number of rotatable bonds is 2. The monoisotopic (exact) mass is 439 g/mol. The molecule has 30 heavy (non-hydrogen) atoms. The fourth-order valence-electron chi connectivity index (χ4n) is 3.90. The van der Waals surface area contributed by atoms with Crippen molar-refractivity contribution in [2.75, 3.05) is 13.2 Å². The van der Waals surface area contributed by atoms with Crippen molar-refractivity contribution in [3.05, 3.63) is 51.9 Å². The van der Waals surface area contributed by atoms with Crippen molar-refractivity contribution in [2.45, 2.75) is 24.8 Å². The van der Waals surface area contributed by atoms with Crippen molar-refractivity contribution < 1.29 is 27.1 Å². The van der Waals surface area contributed by atoms with Crippen LogP contribution in [-0.2, 0) is 17.5 Å². The summed E-state index contributed by atoms with van der Waals surface area (Å²) in [5, 5.41) is 10.2. The van der Waals surface area contributed by atoms with Crippen LogP contribution in [0.2, 0.25) is 0 Å². The number of hydrogen-bond acceptors (Lipinski definition) is 6. The second-order valence-corrected chi connectivity index (χ2v) is 7.67. The summed E-state index contributed by atoms with van der Waals surface area (Å²) in [4.78, 5) is 18.7. The number of amides is 1. The number of nitrogens with zero attached hydrogens (tertiary/aromatic N) is 5. The van der Waals surface area contributed by atoms with Gasteiger partial charge in [-0.3, -0.25) is 4.79 Å². The van der Waals surface area contributed by atoms with Gasteiger partial charge < -0.3 is 14.2 Å². The van der Waals surface area contributed by atoms with Crippen LogP contribution in [0.5, 0.6) is 0 Å². The highest BCUT2D eigenvalue weighted by Crippen LogP contribution is 2.37. The predicted octanol–water partition coefficient (Wildman–Crippen LogP) is 3.16. The van der Waals surface area contributed by atoms with Gasteiger partial charge in [0.15, 0.2) is 11.6 Å². The Balaban J connectivity index is 1.55. The number of morpholine rings is 1. The molecule has 2 aliphatic rings. The first-order chi connectivity index (χ1) is 14.4. The van der Waals surface area contributed by atoms with Crippen LogP contribution in [0, 0.1) is 5.82 Å². The van der Waals surface area contributed by atoms with Gasteiger partial charge in [-0.05, 0) is 12.1 Å². The maximum absolute atomic E-state index is 14.6. The maximum Gasteiger partial charge on any atom is 0.419 e. The van der Waals surface area contributed by atoms with Crippen LogP contribution in [0.3, 0.4) is 0 Å². The molecule has 4 heterocycles. The van der Waals surface area contributed by atoms with Gasteiger partial charge in [0.2, 0.25) is 0 Å². The maximum atomic E-state index is 14.6. The number of aromatic nitrogens is 4. The van der Waals surface area contributed by atoms with Crippen molar-refractivity contribution in [1.82, 2.24) is 24.6 Å². The number of alkyl halides is 3. The van der Waals surface area contributed by atoms with E-state index in [1.165, 1.54) is 16.2 Å². The summed E-state index contributed by atoms with van der Waals surface area (Å²) in [5.74, 6) is -1.44. The summed E-state index contributed by atoms with van der Waals surface area (Å²) >= 11 is 1.40. The Morgan fingerprint density at radius 3 is 2.80 bits per heavy atom. The molecule has 12 heteroatoms. The number of hydrogen-bond donors (Lipinski definition) is 0.